The maximum Gasteiger partial charge on any atom is -0.00135 e. The average Bonchev–Trinajstić information content (AvgIpc) is 3.33. The first-order valence-electron chi connectivity index (χ1n) is 9.60. The van der Waals surface area contributed by atoms with Gasteiger partial charge >= 0.3 is 37.9 Å². The molecule has 0 N–H and O–H groups in total. The molecule has 0 saturated heterocycles. The number of rotatable bonds is 0. The molecule has 0 aliphatic heterocycles. The van der Waals surface area contributed by atoms with Crippen LogP contribution >= 0.6 is 17.0 Å². The van der Waals surface area contributed by atoms with Gasteiger partial charge in [0.25, 0.3) is 0 Å². The number of halogens is 2. The number of benzene rings is 4. The topological polar surface area (TPSA) is 0 Å². The van der Waals surface area contributed by atoms with Crippen molar-refractivity contribution in [2.45, 2.75) is 12.8 Å². The van der Waals surface area contributed by atoms with Crippen LogP contribution in [0.4, 0.5) is 0 Å². The first-order chi connectivity index (χ1) is 14.3. The molecule has 0 bridgehead atoms. The van der Waals surface area contributed by atoms with Crippen LogP contribution in [-0.2, 0) is 33.7 Å². The number of hydrogen-bond acceptors (Lipinski definition) is 0. The van der Waals surface area contributed by atoms with E-state index in [2.05, 4.69) is 97.1 Å². The molecule has 0 radical (unpaired) electrons. The molecule has 0 unspecified atom stereocenters. The predicted molar refractivity (Wildman–Crippen MR) is 121 cm³/mol. The molecule has 4 aromatic carbocycles. The Morgan fingerprint density at radius 1 is 0.414 bits per heavy atom. The first-order valence-corrected chi connectivity index (χ1v) is 15.9. The molecule has 0 atom stereocenters. The molecule has 3 heteroatoms. The van der Waals surface area contributed by atoms with Crippen molar-refractivity contribution < 1.29 is 20.8 Å². The predicted octanol–water partition coefficient (Wildman–Crippen LogP) is 7.89. The SMILES string of the molecule is [Cl][Zr][Cl].c1ccc2c(c1)Cc1ccccc1-2.c1ccc2c(c1)Cc1ccccc1-2. The Balaban J connectivity index is 0.000000125. The second kappa shape index (κ2) is 9.90. The number of hydrogen-bond donors (Lipinski definition) is 0. The van der Waals surface area contributed by atoms with Crippen LogP contribution < -0.4 is 0 Å². The molecule has 0 nitrogen and oxygen atoms in total. The summed E-state index contributed by atoms with van der Waals surface area (Å²) in [4.78, 5) is 0. The third-order valence-electron chi connectivity index (χ3n) is 5.41. The van der Waals surface area contributed by atoms with Gasteiger partial charge < -0.3 is 0 Å². The smallest absolute Gasteiger partial charge is 0.00135 e. The van der Waals surface area contributed by atoms with Gasteiger partial charge in [-0.3, -0.25) is 0 Å². The van der Waals surface area contributed by atoms with E-state index >= 15 is 0 Å². The maximum atomic E-state index is 4.93. The molecule has 0 amide bonds. The molecule has 0 heterocycles. The second-order valence-corrected chi connectivity index (χ2v) is 10.8. The van der Waals surface area contributed by atoms with Crippen molar-refractivity contribution in [2.75, 3.05) is 0 Å². The van der Waals surface area contributed by atoms with Crippen molar-refractivity contribution in [2.24, 2.45) is 0 Å². The maximum absolute atomic E-state index is 4.93. The van der Waals surface area contributed by atoms with Crippen LogP contribution in [0.3, 0.4) is 0 Å². The Bertz CT molecular complexity index is 945. The van der Waals surface area contributed by atoms with E-state index in [1.165, 1.54) is 44.5 Å². The molecule has 4 aromatic rings. The first kappa shape index (κ1) is 20.6. The van der Waals surface area contributed by atoms with Crippen molar-refractivity contribution in [1.82, 2.24) is 0 Å². The van der Waals surface area contributed by atoms with Gasteiger partial charge in [0, 0.05) is 0 Å². The van der Waals surface area contributed by atoms with Crippen LogP contribution in [0.2, 0.25) is 0 Å². The fourth-order valence-electron chi connectivity index (χ4n) is 4.16. The average molecular weight is 495 g/mol. The number of fused-ring (bicyclic) bond motifs is 6. The van der Waals surface area contributed by atoms with Gasteiger partial charge in [-0.1, -0.05) is 97.1 Å². The molecule has 2 aliphatic rings. The monoisotopic (exact) mass is 492 g/mol. The van der Waals surface area contributed by atoms with E-state index in [1.54, 1.807) is 0 Å². The molecule has 29 heavy (non-hydrogen) atoms. The van der Waals surface area contributed by atoms with Gasteiger partial charge in [-0.15, -0.1) is 0 Å². The summed E-state index contributed by atoms with van der Waals surface area (Å²) in [5.74, 6) is 0. The summed E-state index contributed by atoms with van der Waals surface area (Å²) in [6.45, 7) is 0. The molecular formula is C26H20Cl2Zr. The third kappa shape index (κ3) is 4.59. The van der Waals surface area contributed by atoms with E-state index in [9.17, 15) is 0 Å². The van der Waals surface area contributed by atoms with E-state index < -0.39 is 20.8 Å². The molecule has 6 rings (SSSR count). The van der Waals surface area contributed by atoms with Gasteiger partial charge in [-0.25, -0.2) is 0 Å². The van der Waals surface area contributed by atoms with Crippen molar-refractivity contribution in [3.63, 3.8) is 0 Å². The Morgan fingerprint density at radius 3 is 0.862 bits per heavy atom. The molecule has 0 spiro atoms. The summed E-state index contributed by atoms with van der Waals surface area (Å²) in [5, 5.41) is 0. The molecule has 2 aliphatic carbocycles. The van der Waals surface area contributed by atoms with Crippen LogP contribution in [0, 0.1) is 0 Å². The Morgan fingerprint density at radius 2 is 0.621 bits per heavy atom. The van der Waals surface area contributed by atoms with Crippen LogP contribution in [0.15, 0.2) is 97.1 Å². The summed E-state index contributed by atoms with van der Waals surface area (Å²) >= 11 is -0.826. The summed E-state index contributed by atoms with van der Waals surface area (Å²) < 4.78 is 0. The third-order valence-corrected chi connectivity index (χ3v) is 5.41. The van der Waals surface area contributed by atoms with Crippen molar-refractivity contribution >= 4 is 17.0 Å². The second-order valence-electron chi connectivity index (χ2n) is 7.05. The Kier molecular flexibility index (Phi) is 7.03. The van der Waals surface area contributed by atoms with Crippen LogP contribution in [-0.4, -0.2) is 0 Å². The van der Waals surface area contributed by atoms with Crippen LogP contribution in [0.25, 0.3) is 22.3 Å². The minimum absolute atomic E-state index is 0.826. The standard InChI is InChI=1S/2C13H10.2ClH.Zr/c2*1-3-7-12-10(5-1)9-11-6-2-4-8-13(11)12;;;/h2*1-8H,9H2;2*1H;/q;;;;+2/p-2. The van der Waals surface area contributed by atoms with Gasteiger partial charge in [0.05, 0.1) is 0 Å². The van der Waals surface area contributed by atoms with Crippen molar-refractivity contribution in [1.29, 1.82) is 0 Å². The fraction of sp³-hybridized carbons (Fsp3) is 0.0769. The molecule has 0 saturated carbocycles. The Labute approximate surface area is 191 Å². The molecular weight excluding hydrogens is 474 g/mol. The zero-order valence-electron chi connectivity index (χ0n) is 15.9. The van der Waals surface area contributed by atoms with E-state index in [0.29, 0.717) is 0 Å². The summed E-state index contributed by atoms with van der Waals surface area (Å²) in [7, 11) is 9.87. The summed E-state index contributed by atoms with van der Waals surface area (Å²) in [6, 6.07) is 34.6. The van der Waals surface area contributed by atoms with E-state index in [-0.39, 0.29) is 0 Å². The minimum atomic E-state index is -0.826. The van der Waals surface area contributed by atoms with Crippen molar-refractivity contribution in [3.8, 4) is 22.3 Å². The van der Waals surface area contributed by atoms with Gasteiger partial charge in [0.15, 0.2) is 0 Å². The summed E-state index contributed by atoms with van der Waals surface area (Å²) in [5.41, 5.74) is 11.5. The van der Waals surface area contributed by atoms with Gasteiger partial charge in [-0.05, 0) is 57.3 Å². The zero-order valence-corrected chi connectivity index (χ0v) is 19.9. The van der Waals surface area contributed by atoms with E-state index in [1.807, 2.05) is 0 Å². The van der Waals surface area contributed by atoms with Gasteiger partial charge in [-0.2, -0.15) is 0 Å². The molecule has 0 fully saturated rings. The molecule has 142 valence electrons. The largest absolute Gasteiger partial charge is 0.0619 e. The quantitative estimate of drug-likeness (QED) is 0.201. The summed E-state index contributed by atoms with van der Waals surface area (Å²) in [6.07, 6.45) is 2.21. The van der Waals surface area contributed by atoms with E-state index in [0.717, 1.165) is 12.8 Å². The fourth-order valence-corrected chi connectivity index (χ4v) is 4.16. The zero-order chi connectivity index (χ0) is 20.1. The van der Waals surface area contributed by atoms with Gasteiger partial charge in [0.2, 0.25) is 0 Å². The normalized spacial score (nSPS) is 11.5. The van der Waals surface area contributed by atoms with Crippen LogP contribution in [0.5, 0.6) is 0 Å². The van der Waals surface area contributed by atoms with E-state index in [4.69, 9.17) is 17.0 Å². The van der Waals surface area contributed by atoms with Gasteiger partial charge in [0.1, 0.15) is 0 Å². The minimum Gasteiger partial charge on any atom is -0.0619 e. The molecule has 0 aromatic heterocycles. The van der Waals surface area contributed by atoms with Crippen molar-refractivity contribution in [3.05, 3.63) is 119 Å². The Hall–Kier alpha value is -1.66. The van der Waals surface area contributed by atoms with Crippen LogP contribution in [0.1, 0.15) is 22.3 Å².